The number of amides is 3. The van der Waals surface area contributed by atoms with Gasteiger partial charge in [-0.05, 0) is 17.7 Å². The van der Waals surface area contributed by atoms with Crippen LogP contribution in [0.2, 0.25) is 0 Å². The number of hydrogen-bond acceptors (Lipinski definition) is 6. The fraction of sp³-hybridized carbons (Fsp3) is 0.316. The largest absolute Gasteiger partial charge is 0.530 e. The second-order valence-electron chi connectivity index (χ2n) is 7.00. The molecule has 0 bridgehead atoms. The van der Waals surface area contributed by atoms with Crippen molar-refractivity contribution in [2.24, 2.45) is 5.73 Å². The molecular formula is C19H16F4N5O4-. The summed E-state index contributed by atoms with van der Waals surface area (Å²) in [5, 5.41) is 13.5. The van der Waals surface area contributed by atoms with E-state index in [0.29, 0.717) is 4.90 Å². The standard InChI is InChI=1S/C19H17F4N5O4/c20-10-3-14(28(8-10)18(31)32)17(30)27-6-11-4-12(13(7-25-11)16(24)29)9-1-2-15(26-5-9)19(21,22)23/h1-2,4-5,7,10,14H,3,6,8H2,(H2,24,29)(H,27,30)(H,31,32)/p-1/t10-,14+/m1/s1. The number of hydrogen-bond donors (Lipinski definition) is 2. The van der Waals surface area contributed by atoms with E-state index in [9.17, 15) is 37.1 Å². The molecule has 9 nitrogen and oxygen atoms in total. The van der Waals surface area contributed by atoms with Crippen LogP contribution in [0, 0.1) is 0 Å². The quantitative estimate of drug-likeness (QED) is 0.635. The van der Waals surface area contributed by atoms with E-state index in [1.54, 1.807) is 0 Å². The monoisotopic (exact) mass is 454 g/mol. The Kier molecular flexibility index (Phi) is 6.27. The van der Waals surface area contributed by atoms with Gasteiger partial charge in [-0.15, -0.1) is 0 Å². The first kappa shape index (κ1) is 22.9. The predicted octanol–water partition coefficient (Wildman–Crippen LogP) is 0.633. The molecule has 1 aliphatic rings. The Morgan fingerprint density at radius 2 is 1.94 bits per heavy atom. The van der Waals surface area contributed by atoms with Crippen molar-refractivity contribution < 1.29 is 37.1 Å². The maximum atomic E-state index is 13.5. The number of likely N-dealkylation sites (tertiary alicyclic amines) is 1. The molecular weight excluding hydrogens is 438 g/mol. The van der Waals surface area contributed by atoms with Gasteiger partial charge in [-0.3, -0.25) is 19.6 Å². The summed E-state index contributed by atoms with van der Waals surface area (Å²) >= 11 is 0. The molecule has 3 heterocycles. The minimum absolute atomic E-state index is 0.0826. The Bertz CT molecular complexity index is 1050. The molecule has 0 radical (unpaired) electrons. The smallest absolute Gasteiger partial charge is 0.433 e. The van der Waals surface area contributed by atoms with E-state index in [2.05, 4.69) is 15.3 Å². The second kappa shape index (κ2) is 8.77. The van der Waals surface area contributed by atoms with Crippen molar-refractivity contribution in [2.45, 2.75) is 31.4 Å². The second-order valence-corrected chi connectivity index (χ2v) is 7.00. The number of nitrogens with zero attached hydrogens (tertiary/aromatic N) is 3. The van der Waals surface area contributed by atoms with Crippen molar-refractivity contribution in [3.63, 3.8) is 0 Å². The minimum Gasteiger partial charge on any atom is -0.530 e. The lowest BCUT2D eigenvalue weighted by Gasteiger charge is -2.25. The van der Waals surface area contributed by atoms with E-state index in [0.717, 1.165) is 24.5 Å². The van der Waals surface area contributed by atoms with Crippen LogP contribution in [0.3, 0.4) is 0 Å². The summed E-state index contributed by atoms with van der Waals surface area (Å²) in [5.41, 5.74) is 4.59. The van der Waals surface area contributed by atoms with Crippen LogP contribution >= 0.6 is 0 Å². The first-order chi connectivity index (χ1) is 15.0. The molecule has 0 saturated carbocycles. The van der Waals surface area contributed by atoms with Gasteiger partial charge in [0.15, 0.2) is 0 Å². The normalized spacial score (nSPS) is 18.4. The Hall–Kier alpha value is -3.77. The topological polar surface area (TPSA) is 141 Å². The number of nitrogens with two attached hydrogens (primary N) is 1. The molecule has 1 aliphatic heterocycles. The number of carboxylic acid groups (broad SMARTS) is 1. The molecule has 170 valence electrons. The van der Waals surface area contributed by atoms with Gasteiger partial charge in [0.05, 0.1) is 24.3 Å². The van der Waals surface area contributed by atoms with Crippen LogP contribution in [0.15, 0.2) is 30.6 Å². The lowest BCUT2D eigenvalue weighted by Crippen LogP contribution is -2.50. The van der Waals surface area contributed by atoms with Gasteiger partial charge in [-0.1, -0.05) is 6.07 Å². The lowest BCUT2D eigenvalue weighted by molar-refractivity contribution is -0.266. The zero-order valence-electron chi connectivity index (χ0n) is 16.2. The van der Waals surface area contributed by atoms with Gasteiger partial charge in [0.2, 0.25) is 5.91 Å². The summed E-state index contributed by atoms with van der Waals surface area (Å²) in [7, 11) is 0. The Morgan fingerprint density at radius 3 is 2.50 bits per heavy atom. The molecule has 2 aromatic rings. The first-order valence-electron chi connectivity index (χ1n) is 9.19. The molecule has 13 heteroatoms. The summed E-state index contributed by atoms with van der Waals surface area (Å²) in [6.07, 6.45) is -6.13. The van der Waals surface area contributed by atoms with Crippen molar-refractivity contribution in [3.05, 3.63) is 47.5 Å². The SMILES string of the molecule is NC(=O)c1cnc(CNC(=O)[C@@H]2C[C@@H](F)CN2C(=O)[O-])cc1-c1ccc(C(F)(F)F)nc1. The van der Waals surface area contributed by atoms with E-state index in [1.165, 1.54) is 6.07 Å². The third kappa shape index (κ3) is 4.92. The van der Waals surface area contributed by atoms with E-state index in [1.807, 2.05) is 0 Å². The molecule has 0 aliphatic carbocycles. The third-order valence-corrected chi connectivity index (χ3v) is 4.82. The van der Waals surface area contributed by atoms with Gasteiger partial charge in [-0.25, -0.2) is 4.39 Å². The summed E-state index contributed by atoms with van der Waals surface area (Å²) < 4.78 is 51.8. The molecule has 2 atom stereocenters. The molecule has 0 aromatic carbocycles. The molecule has 1 fully saturated rings. The van der Waals surface area contributed by atoms with Gasteiger partial charge < -0.3 is 25.9 Å². The van der Waals surface area contributed by atoms with E-state index < -0.39 is 48.5 Å². The van der Waals surface area contributed by atoms with Crippen molar-refractivity contribution >= 4 is 17.9 Å². The number of primary amides is 1. The number of rotatable bonds is 5. The van der Waals surface area contributed by atoms with Crippen LogP contribution in [0.25, 0.3) is 11.1 Å². The molecule has 3 rings (SSSR count). The molecule has 3 N–H and O–H groups in total. The number of nitrogens with one attached hydrogen (secondary N) is 1. The van der Waals surface area contributed by atoms with Crippen LogP contribution in [0.5, 0.6) is 0 Å². The van der Waals surface area contributed by atoms with E-state index in [4.69, 9.17) is 5.73 Å². The van der Waals surface area contributed by atoms with Gasteiger partial charge in [0.25, 0.3) is 5.91 Å². The maximum absolute atomic E-state index is 13.5. The lowest BCUT2D eigenvalue weighted by atomic mass is 10.0. The highest BCUT2D eigenvalue weighted by atomic mass is 19.4. The van der Waals surface area contributed by atoms with E-state index >= 15 is 0 Å². The highest BCUT2D eigenvalue weighted by molar-refractivity contribution is 5.99. The van der Waals surface area contributed by atoms with Crippen LogP contribution < -0.4 is 16.2 Å². The Balaban J connectivity index is 1.81. The van der Waals surface area contributed by atoms with Crippen LogP contribution in [0.1, 0.15) is 28.2 Å². The zero-order valence-corrected chi connectivity index (χ0v) is 16.2. The Labute approximate surface area is 178 Å². The van der Waals surface area contributed by atoms with Crippen molar-refractivity contribution in [1.29, 1.82) is 0 Å². The number of pyridine rings is 2. The van der Waals surface area contributed by atoms with Crippen LogP contribution in [-0.4, -0.2) is 51.5 Å². The molecule has 1 saturated heterocycles. The Morgan fingerprint density at radius 1 is 1.22 bits per heavy atom. The van der Waals surface area contributed by atoms with Gasteiger partial charge in [0.1, 0.15) is 24.0 Å². The fourth-order valence-corrected chi connectivity index (χ4v) is 3.28. The van der Waals surface area contributed by atoms with Crippen molar-refractivity contribution in [2.75, 3.05) is 6.54 Å². The molecule has 0 unspecified atom stereocenters. The summed E-state index contributed by atoms with van der Waals surface area (Å²) in [4.78, 5) is 43.0. The minimum atomic E-state index is -4.64. The average molecular weight is 454 g/mol. The third-order valence-electron chi connectivity index (χ3n) is 4.82. The highest BCUT2D eigenvalue weighted by Gasteiger charge is 2.37. The molecule has 32 heavy (non-hydrogen) atoms. The van der Waals surface area contributed by atoms with Gasteiger partial charge >= 0.3 is 6.18 Å². The number of halogens is 4. The van der Waals surface area contributed by atoms with Gasteiger partial charge in [-0.2, -0.15) is 13.2 Å². The number of alkyl halides is 4. The average Bonchev–Trinajstić information content (AvgIpc) is 3.13. The summed E-state index contributed by atoms with van der Waals surface area (Å²) in [6.45, 7) is -0.704. The van der Waals surface area contributed by atoms with E-state index in [-0.39, 0.29) is 35.3 Å². The predicted molar refractivity (Wildman–Crippen MR) is 98.2 cm³/mol. The molecule has 3 amide bonds. The van der Waals surface area contributed by atoms with Gasteiger partial charge in [0, 0.05) is 24.4 Å². The maximum Gasteiger partial charge on any atom is 0.433 e. The first-order valence-corrected chi connectivity index (χ1v) is 9.19. The summed E-state index contributed by atoms with van der Waals surface area (Å²) in [5.74, 6) is -1.65. The fourth-order valence-electron chi connectivity index (χ4n) is 3.28. The highest BCUT2D eigenvalue weighted by Crippen LogP contribution is 2.30. The molecule has 2 aromatic heterocycles. The zero-order chi connectivity index (χ0) is 23.6. The molecule has 0 spiro atoms. The van der Waals surface area contributed by atoms with Crippen molar-refractivity contribution in [3.8, 4) is 11.1 Å². The van der Waals surface area contributed by atoms with Crippen LogP contribution in [-0.2, 0) is 17.5 Å². The summed E-state index contributed by atoms with van der Waals surface area (Å²) in [6, 6.07) is 1.91. The number of aromatic nitrogens is 2. The number of carbonyl (C=O) groups is 3. The van der Waals surface area contributed by atoms with Crippen LogP contribution in [0.4, 0.5) is 22.4 Å². The number of carbonyl (C=O) groups excluding carboxylic acids is 3. The van der Waals surface area contributed by atoms with Crippen molar-refractivity contribution in [1.82, 2.24) is 20.2 Å².